The van der Waals surface area contributed by atoms with E-state index in [9.17, 15) is 14.5 Å². The van der Waals surface area contributed by atoms with Gasteiger partial charge in [-0.05, 0) is 33.0 Å². The number of rotatable bonds is 6. The summed E-state index contributed by atoms with van der Waals surface area (Å²) in [5.41, 5.74) is 0.283. The minimum atomic E-state index is -0.586. The quantitative estimate of drug-likeness (QED) is 0.646. The Morgan fingerprint density at radius 1 is 1.38 bits per heavy atom. The third-order valence-electron chi connectivity index (χ3n) is 4.13. The molecule has 0 saturated heterocycles. The van der Waals surface area contributed by atoms with Crippen LogP contribution in [0, 0.1) is 21.3 Å². The molecule has 2 rings (SSSR count). The van der Waals surface area contributed by atoms with Crippen molar-refractivity contribution in [2.24, 2.45) is 5.41 Å². The Morgan fingerprint density at radius 2 is 2.05 bits per heavy atom. The van der Waals surface area contributed by atoms with Crippen LogP contribution in [0.1, 0.15) is 25.7 Å². The Morgan fingerprint density at radius 3 is 2.57 bits per heavy atom. The molecule has 1 N–H and O–H groups in total. The van der Waals surface area contributed by atoms with Crippen LogP contribution in [0.25, 0.3) is 0 Å². The summed E-state index contributed by atoms with van der Waals surface area (Å²) in [6, 6.07) is 3.75. The molecular formula is C15H22FN3O2. The van der Waals surface area contributed by atoms with Crippen molar-refractivity contribution in [3.63, 3.8) is 0 Å². The molecule has 5 nitrogen and oxygen atoms in total. The van der Waals surface area contributed by atoms with Gasteiger partial charge in [0.05, 0.1) is 16.7 Å². The first kappa shape index (κ1) is 15.7. The summed E-state index contributed by atoms with van der Waals surface area (Å²) >= 11 is 0. The fraction of sp³-hybridized carbons (Fsp3) is 0.600. The molecule has 0 atom stereocenters. The standard InChI is InChI=1S/C15H22FN3O2/c1-18(2)11-15(7-3-4-8-15)10-17-14-6-5-12(19(20)21)9-13(14)16/h5-6,9,17H,3-4,7-8,10-11H2,1-2H3. The van der Waals surface area contributed by atoms with E-state index in [4.69, 9.17) is 0 Å². The highest BCUT2D eigenvalue weighted by Gasteiger charge is 2.34. The van der Waals surface area contributed by atoms with E-state index in [0.717, 1.165) is 25.5 Å². The third-order valence-corrected chi connectivity index (χ3v) is 4.13. The predicted molar refractivity (Wildman–Crippen MR) is 81.0 cm³/mol. The van der Waals surface area contributed by atoms with Gasteiger partial charge in [0.2, 0.25) is 0 Å². The Kier molecular flexibility index (Phi) is 4.77. The van der Waals surface area contributed by atoms with Crippen LogP contribution < -0.4 is 5.32 Å². The van der Waals surface area contributed by atoms with E-state index in [1.165, 1.54) is 25.0 Å². The normalized spacial score (nSPS) is 17.1. The number of anilines is 1. The average molecular weight is 295 g/mol. The van der Waals surface area contributed by atoms with Gasteiger partial charge >= 0.3 is 0 Å². The molecule has 1 aromatic rings. The van der Waals surface area contributed by atoms with Gasteiger partial charge in [0, 0.05) is 24.6 Å². The molecule has 0 aromatic heterocycles. The molecule has 1 aromatic carbocycles. The summed E-state index contributed by atoms with van der Waals surface area (Å²) in [4.78, 5) is 12.2. The van der Waals surface area contributed by atoms with Crippen molar-refractivity contribution >= 4 is 11.4 Å². The Bertz CT molecular complexity index is 514. The SMILES string of the molecule is CN(C)CC1(CNc2ccc([N+](=O)[O-])cc2F)CCCC1. The zero-order valence-electron chi connectivity index (χ0n) is 12.6. The number of hydrogen-bond donors (Lipinski definition) is 1. The van der Waals surface area contributed by atoms with E-state index >= 15 is 0 Å². The number of nitrogens with zero attached hydrogens (tertiary/aromatic N) is 2. The average Bonchev–Trinajstić information content (AvgIpc) is 2.85. The van der Waals surface area contributed by atoms with Crippen molar-refractivity contribution in [3.05, 3.63) is 34.1 Å². The monoisotopic (exact) mass is 295 g/mol. The molecule has 116 valence electrons. The maximum atomic E-state index is 13.9. The number of halogens is 1. The van der Waals surface area contributed by atoms with Crippen molar-refractivity contribution < 1.29 is 9.31 Å². The molecule has 6 heteroatoms. The Labute approximate surface area is 124 Å². The zero-order chi connectivity index (χ0) is 15.5. The van der Waals surface area contributed by atoms with Crippen molar-refractivity contribution in [2.45, 2.75) is 25.7 Å². The lowest BCUT2D eigenvalue weighted by Gasteiger charge is -2.32. The first-order valence-corrected chi connectivity index (χ1v) is 7.24. The van der Waals surface area contributed by atoms with Crippen molar-refractivity contribution in [1.29, 1.82) is 0 Å². The number of non-ortho nitro benzene ring substituents is 1. The Hall–Kier alpha value is -1.69. The molecule has 1 saturated carbocycles. The van der Waals surface area contributed by atoms with Gasteiger partial charge in [-0.3, -0.25) is 10.1 Å². The molecule has 0 amide bonds. The predicted octanol–water partition coefficient (Wildman–Crippen LogP) is 3.27. The fourth-order valence-corrected chi connectivity index (χ4v) is 3.23. The van der Waals surface area contributed by atoms with Gasteiger partial charge < -0.3 is 10.2 Å². The Balaban J connectivity index is 2.06. The summed E-state index contributed by atoms with van der Waals surface area (Å²) in [5, 5.41) is 13.8. The van der Waals surface area contributed by atoms with Gasteiger partial charge in [0.15, 0.2) is 5.82 Å². The van der Waals surface area contributed by atoms with E-state index in [1.54, 1.807) is 0 Å². The minimum absolute atomic E-state index is 0.164. The second kappa shape index (κ2) is 6.39. The zero-order valence-corrected chi connectivity index (χ0v) is 12.6. The van der Waals surface area contributed by atoms with Gasteiger partial charge in [0.1, 0.15) is 0 Å². The molecule has 0 bridgehead atoms. The van der Waals surface area contributed by atoms with E-state index in [1.807, 2.05) is 14.1 Å². The van der Waals surface area contributed by atoms with Crippen LogP contribution in [0.5, 0.6) is 0 Å². The molecule has 21 heavy (non-hydrogen) atoms. The second-order valence-corrected chi connectivity index (χ2v) is 6.22. The summed E-state index contributed by atoms with van der Waals surface area (Å²) in [6.45, 7) is 1.66. The van der Waals surface area contributed by atoms with Crippen LogP contribution >= 0.6 is 0 Å². The lowest BCUT2D eigenvalue weighted by molar-refractivity contribution is -0.385. The molecular weight excluding hydrogens is 273 g/mol. The van der Waals surface area contributed by atoms with Gasteiger partial charge in [-0.1, -0.05) is 12.8 Å². The summed E-state index contributed by atoms with van der Waals surface area (Å²) < 4.78 is 13.9. The van der Waals surface area contributed by atoms with Crippen LogP contribution in [0.2, 0.25) is 0 Å². The van der Waals surface area contributed by atoms with Crippen LogP contribution in [-0.2, 0) is 0 Å². The van der Waals surface area contributed by atoms with Crippen molar-refractivity contribution in [1.82, 2.24) is 4.90 Å². The fourth-order valence-electron chi connectivity index (χ4n) is 3.23. The van der Waals surface area contributed by atoms with Crippen molar-refractivity contribution in [3.8, 4) is 0 Å². The number of nitro benzene ring substituents is 1. The lowest BCUT2D eigenvalue weighted by atomic mass is 9.85. The maximum absolute atomic E-state index is 13.9. The molecule has 0 aliphatic heterocycles. The number of benzene rings is 1. The summed E-state index contributed by atoms with van der Waals surface area (Å²) in [5.74, 6) is -0.567. The van der Waals surface area contributed by atoms with Crippen LogP contribution in [-0.4, -0.2) is 37.0 Å². The van der Waals surface area contributed by atoms with Gasteiger partial charge in [-0.25, -0.2) is 4.39 Å². The van der Waals surface area contributed by atoms with Crippen molar-refractivity contribution in [2.75, 3.05) is 32.5 Å². The maximum Gasteiger partial charge on any atom is 0.272 e. The minimum Gasteiger partial charge on any atom is -0.382 e. The van der Waals surface area contributed by atoms with E-state index in [0.29, 0.717) is 12.2 Å². The van der Waals surface area contributed by atoms with Gasteiger partial charge in [-0.15, -0.1) is 0 Å². The summed E-state index contributed by atoms with van der Waals surface area (Å²) in [7, 11) is 4.10. The van der Waals surface area contributed by atoms with E-state index < -0.39 is 10.7 Å². The van der Waals surface area contributed by atoms with Crippen LogP contribution in [0.4, 0.5) is 15.8 Å². The number of nitrogens with one attached hydrogen (secondary N) is 1. The lowest BCUT2D eigenvalue weighted by Crippen LogP contribution is -2.37. The van der Waals surface area contributed by atoms with Crippen LogP contribution in [0.15, 0.2) is 18.2 Å². The molecule has 1 aliphatic rings. The highest BCUT2D eigenvalue weighted by molar-refractivity contribution is 5.50. The largest absolute Gasteiger partial charge is 0.382 e. The summed E-state index contributed by atoms with van der Waals surface area (Å²) in [6.07, 6.45) is 4.68. The smallest absolute Gasteiger partial charge is 0.272 e. The van der Waals surface area contributed by atoms with E-state index in [-0.39, 0.29) is 11.1 Å². The van der Waals surface area contributed by atoms with Gasteiger partial charge in [0.25, 0.3) is 5.69 Å². The number of nitro groups is 1. The van der Waals surface area contributed by atoms with Crippen LogP contribution in [0.3, 0.4) is 0 Å². The molecule has 1 aliphatic carbocycles. The molecule has 0 spiro atoms. The number of hydrogen-bond acceptors (Lipinski definition) is 4. The molecule has 0 heterocycles. The second-order valence-electron chi connectivity index (χ2n) is 6.22. The molecule has 0 unspecified atom stereocenters. The van der Waals surface area contributed by atoms with Gasteiger partial charge in [-0.2, -0.15) is 0 Å². The topological polar surface area (TPSA) is 58.4 Å². The first-order valence-electron chi connectivity index (χ1n) is 7.24. The molecule has 0 radical (unpaired) electrons. The van der Waals surface area contributed by atoms with E-state index in [2.05, 4.69) is 10.2 Å². The highest BCUT2D eigenvalue weighted by Crippen LogP contribution is 2.39. The highest BCUT2D eigenvalue weighted by atomic mass is 19.1. The third kappa shape index (κ3) is 3.91. The first-order chi connectivity index (χ1) is 9.92. The molecule has 1 fully saturated rings.